The Hall–Kier alpha value is -2.50. The van der Waals surface area contributed by atoms with E-state index in [2.05, 4.69) is 10.3 Å². The molecule has 0 fully saturated rings. The van der Waals surface area contributed by atoms with Gasteiger partial charge in [0.2, 0.25) is 5.91 Å². The second kappa shape index (κ2) is 9.62. The van der Waals surface area contributed by atoms with Crippen LogP contribution in [-0.4, -0.2) is 17.5 Å². The molecule has 1 amide bonds. The minimum Gasteiger partial charge on any atom is -0.494 e. The third-order valence-electron chi connectivity index (χ3n) is 4.06. The standard InChI is InChI=1S/C21H20Cl2N2O3/c1-2-27-17-7-4-14(5-8-17)19-13-25-21(28-19)10-9-20(26)24-12-15-3-6-16(22)11-18(15)23/h3-8,11,13H,2,9-10,12H2,1H3,(H,24,26). The van der Waals surface area contributed by atoms with Gasteiger partial charge in [0.1, 0.15) is 5.75 Å². The largest absolute Gasteiger partial charge is 0.494 e. The first-order valence-electron chi connectivity index (χ1n) is 8.93. The number of ether oxygens (including phenoxy) is 1. The van der Waals surface area contributed by atoms with Gasteiger partial charge in [-0.25, -0.2) is 4.98 Å². The van der Waals surface area contributed by atoms with Gasteiger partial charge in [0, 0.05) is 35.0 Å². The lowest BCUT2D eigenvalue weighted by molar-refractivity contribution is -0.121. The SMILES string of the molecule is CCOc1ccc(-c2cnc(CCC(=O)NCc3ccc(Cl)cc3Cl)o2)cc1. The van der Waals surface area contributed by atoms with Gasteiger partial charge in [-0.3, -0.25) is 4.79 Å². The maximum Gasteiger partial charge on any atom is 0.220 e. The third-order valence-corrected chi connectivity index (χ3v) is 4.65. The maximum atomic E-state index is 12.1. The molecule has 7 heteroatoms. The predicted molar refractivity (Wildman–Crippen MR) is 110 cm³/mol. The Morgan fingerprint density at radius 3 is 2.68 bits per heavy atom. The summed E-state index contributed by atoms with van der Waals surface area (Å²) in [4.78, 5) is 16.3. The van der Waals surface area contributed by atoms with Crippen LogP contribution in [0.25, 0.3) is 11.3 Å². The number of halogens is 2. The van der Waals surface area contributed by atoms with E-state index in [9.17, 15) is 4.79 Å². The van der Waals surface area contributed by atoms with E-state index in [1.54, 1.807) is 24.4 Å². The van der Waals surface area contributed by atoms with E-state index in [0.717, 1.165) is 16.9 Å². The van der Waals surface area contributed by atoms with E-state index >= 15 is 0 Å². The smallest absolute Gasteiger partial charge is 0.220 e. The molecule has 3 aromatic rings. The minimum absolute atomic E-state index is 0.105. The molecule has 0 aliphatic heterocycles. The fourth-order valence-corrected chi connectivity index (χ4v) is 3.08. The number of benzene rings is 2. The van der Waals surface area contributed by atoms with E-state index in [-0.39, 0.29) is 12.3 Å². The van der Waals surface area contributed by atoms with Crippen LogP contribution in [0.1, 0.15) is 24.8 Å². The van der Waals surface area contributed by atoms with Crippen LogP contribution < -0.4 is 10.1 Å². The Balaban J connectivity index is 1.50. The number of nitrogens with one attached hydrogen (secondary N) is 1. The van der Waals surface area contributed by atoms with E-state index < -0.39 is 0 Å². The second-order valence-electron chi connectivity index (χ2n) is 6.09. The lowest BCUT2D eigenvalue weighted by Gasteiger charge is -2.07. The maximum absolute atomic E-state index is 12.1. The van der Waals surface area contributed by atoms with E-state index in [1.807, 2.05) is 31.2 Å². The van der Waals surface area contributed by atoms with Crippen molar-refractivity contribution in [3.05, 3.63) is 70.2 Å². The van der Waals surface area contributed by atoms with E-state index in [0.29, 0.717) is 41.3 Å². The molecule has 5 nitrogen and oxygen atoms in total. The molecule has 0 bridgehead atoms. The van der Waals surface area contributed by atoms with Crippen molar-refractivity contribution in [2.45, 2.75) is 26.3 Å². The lowest BCUT2D eigenvalue weighted by atomic mass is 10.2. The van der Waals surface area contributed by atoms with Crippen LogP contribution in [0.5, 0.6) is 5.75 Å². The zero-order valence-electron chi connectivity index (χ0n) is 15.4. The van der Waals surface area contributed by atoms with Gasteiger partial charge in [-0.05, 0) is 48.9 Å². The summed E-state index contributed by atoms with van der Waals surface area (Å²) >= 11 is 12.0. The van der Waals surface area contributed by atoms with Gasteiger partial charge >= 0.3 is 0 Å². The van der Waals surface area contributed by atoms with Gasteiger partial charge in [-0.1, -0.05) is 29.3 Å². The second-order valence-corrected chi connectivity index (χ2v) is 6.93. The first kappa shape index (κ1) is 20.2. The van der Waals surface area contributed by atoms with Crippen LogP contribution in [0.4, 0.5) is 0 Å². The molecule has 0 aliphatic rings. The molecule has 0 spiro atoms. The van der Waals surface area contributed by atoms with Crippen molar-refractivity contribution < 1.29 is 13.9 Å². The zero-order valence-corrected chi connectivity index (χ0v) is 16.9. The van der Waals surface area contributed by atoms with E-state index in [1.165, 1.54) is 0 Å². The Morgan fingerprint density at radius 1 is 1.18 bits per heavy atom. The van der Waals surface area contributed by atoms with Gasteiger partial charge in [0.05, 0.1) is 12.8 Å². The number of aromatic nitrogens is 1. The monoisotopic (exact) mass is 418 g/mol. The van der Waals surface area contributed by atoms with Crippen molar-refractivity contribution in [1.82, 2.24) is 10.3 Å². The average molecular weight is 419 g/mol. The molecule has 0 saturated carbocycles. The summed E-state index contributed by atoms with van der Waals surface area (Å²) in [5.41, 5.74) is 1.72. The summed E-state index contributed by atoms with van der Waals surface area (Å²) in [7, 11) is 0. The number of aryl methyl sites for hydroxylation is 1. The Morgan fingerprint density at radius 2 is 1.96 bits per heavy atom. The number of nitrogens with zero attached hydrogens (tertiary/aromatic N) is 1. The highest BCUT2D eigenvalue weighted by Crippen LogP contribution is 2.24. The topological polar surface area (TPSA) is 64.4 Å². The summed E-state index contributed by atoms with van der Waals surface area (Å²) < 4.78 is 11.2. The highest BCUT2D eigenvalue weighted by Gasteiger charge is 2.10. The number of hydrogen-bond acceptors (Lipinski definition) is 4. The number of oxazole rings is 1. The average Bonchev–Trinajstić information content (AvgIpc) is 3.15. The van der Waals surface area contributed by atoms with Crippen LogP contribution in [0.15, 0.2) is 53.1 Å². The summed E-state index contributed by atoms with van der Waals surface area (Å²) in [5, 5.41) is 3.93. The summed E-state index contributed by atoms with van der Waals surface area (Å²) in [6.45, 7) is 2.91. The van der Waals surface area contributed by atoms with Crippen molar-refractivity contribution in [3.8, 4) is 17.1 Å². The zero-order chi connectivity index (χ0) is 19.9. The van der Waals surface area contributed by atoms with Gasteiger partial charge in [-0.15, -0.1) is 0 Å². The van der Waals surface area contributed by atoms with Crippen LogP contribution in [0.3, 0.4) is 0 Å². The molecular formula is C21H20Cl2N2O3. The normalized spacial score (nSPS) is 10.7. The van der Waals surface area contributed by atoms with Crippen LogP contribution in [0, 0.1) is 0 Å². The molecule has 28 heavy (non-hydrogen) atoms. The molecule has 2 aromatic carbocycles. The molecule has 0 saturated heterocycles. The summed E-state index contributed by atoms with van der Waals surface area (Å²) in [5.74, 6) is 1.88. The first-order chi connectivity index (χ1) is 13.5. The molecule has 1 N–H and O–H groups in total. The molecule has 1 aromatic heterocycles. The molecule has 1 heterocycles. The van der Waals surface area contributed by atoms with Gasteiger partial charge in [0.25, 0.3) is 0 Å². The number of carbonyl (C=O) groups excluding carboxylic acids is 1. The quantitative estimate of drug-likeness (QED) is 0.539. The van der Waals surface area contributed by atoms with Gasteiger partial charge in [-0.2, -0.15) is 0 Å². The van der Waals surface area contributed by atoms with Crippen LogP contribution in [0.2, 0.25) is 10.0 Å². The van der Waals surface area contributed by atoms with Crippen LogP contribution >= 0.6 is 23.2 Å². The lowest BCUT2D eigenvalue weighted by Crippen LogP contribution is -2.23. The fourth-order valence-electron chi connectivity index (χ4n) is 2.61. The highest BCUT2D eigenvalue weighted by atomic mass is 35.5. The molecule has 146 valence electrons. The number of amides is 1. The minimum atomic E-state index is -0.105. The summed E-state index contributed by atoms with van der Waals surface area (Å²) in [6, 6.07) is 12.8. The Labute approximate surface area is 173 Å². The number of rotatable bonds is 8. The fraction of sp³-hybridized carbons (Fsp3) is 0.238. The first-order valence-corrected chi connectivity index (χ1v) is 9.69. The van der Waals surface area contributed by atoms with Crippen molar-refractivity contribution in [2.24, 2.45) is 0 Å². The van der Waals surface area contributed by atoms with Crippen LogP contribution in [-0.2, 0) is 17.8 Å². The van der Waals surface area contributed by atoms with Crippen molar-refractivity contribution in [1.29, 1.82) is 0 Å². The van der Waals surface area contributed by atoms with Gasteiger partial charge < -0.3 is 14.5 Å². The molecule has 0 atom stereocenters. The number of carbonyl (C=O) groups is 1. The summed E-state index contributed by atoms with van der Waals surface area (Å²) in [6.07, 6.45) is 2.35. The Kier molecular flexibility index (Phi) is 6.95. The van der Waals surface area contributed by atoms with Crippen molar-refractivity contribution in [3.63, 3.8) is 0 Å². The molecule has 0 unspecified atom stereocenters. The predicted octanol–water partition coefficient (Wildman–Crippen LogP) is 5.30. The van der Waals surface area contributed by atoms with Crippen molar-refractivity contribution in [2.75, 3.05) is 6.61 Å². The Bertz CT molecular complexity index is 939. The number of hydrogen-bond donors (Lipinski definition) is 1. The highest BCUT2D eigenvalue weighted by molar-refractivity contribution is 6.35. The molecule has 0 radical (unpaired) electrons. The molecule has 0 aliphatic carbocycles. The third kappa shape index (κ3) is 5.50. The van der Waals surface area contributed by atoms with E-state index in [4.69, 9.17) is 32.4 Å². The molecule has 3 rings (SSSR count). The van der Waals surface area contributed by atoms with Gasteiger partial charge in [0.15, 0.2) is 11.7 Å². The van der Waals surface area contributed by atoms with Crippen molar-refractivity contribution >= 4 is 29.1 Å². The molecular weight excluding hydrogens is 399 g/mol.